The van der Waals surface area contributed by atoms with Crippen LogP contribution in [0.4, 0.5) is 5.69 Å². The first-order chi connectivity index (χ1) is 11.9. The van der Waals surface area contributed by atoms with Crippen molar-refractivity contribution in [3.05, 3.63) is 17.7 Å². The summed E-state index contributed by atoms with van der Waals surface area (Å²) >= 11 is 0. The Balaban J connectivity index is 2.44. The van der Waals surface area contributed by atoms with Crippen molar-refractivity contribution >= 4 is 15.7 Å². The smallest absolute Gasteiger partial charge is 0.238 e. The van der Waals surface area contributed by atoms with Crippen LogP contribution in [0, 0.1) is 0 Å². The number of methoxy groups -OCH3 is 1. The van der Waals surface area contributed by atoms with Crippen molar-refractivity contribution in [2.45, 2.75) is 82.4 Å². The molecule has 0 saturated heterocycles. The van der Waals surface area contributed by atoms with Gasteiger partial charge in [-0.05, 0) is 30.5 Å². The predicted octanol–water partition coefficient (Wildman–Crippen LogP) is 4.39. The summed E-state index contributed by atoms with van der Waals surface area (Å²) in [5.41, 5.74) is 7.03. The zero-order chi connectivity index (χ0) is 18.7. The molecule has 0 heterocycles. The number of sulfonamides is 1. The van der Waals surface area contributed by atoms with Crippen molar-refractivity contribution in [3.63, 3.8) is 0 Å². The molecule has 6 heteroatoms. The van der Waals surface area contributed by atoms with Crippen molar-refractivity contribution in [1.29, 1.82) is 0 Å². The molecule has 1 aromatic rings. The van der Waals surface area contributed by atoms with Crippen LogP contribution in [0.25, 0.3) is 0 Å². The summed E-state index contributed by atoms with van der Waals surface area (Å²) in [7, 11) is -2.26. The van der Waals surface area contributed by atoms with Crippen LogP contribution < -0.4 is 15.6 Å². The quantitative estimate of drug-likeness (QED) is 0.397. The molecular weight excluding hydrogens is 336 g/mol. The topological polar surface area (TPSA) is 95.4 Å². The van der Waals surface area contributed by atoms with E-state index in [1.165, 1.54) is 64.5 Å². The van der Waals surface area contributed by atoms with E-state index in [0.717, 1.165) is 12.8 Å². The Morgan fingerprint density at radius 1 is 0.920 bits per heavy atom. The van der Waals surface area contributed by atoms with Gasteiger partial charge in [0.05, 0.1) is 17.7 Å². The van der Waals surface area contributed by atoms with Gasteiger partial charge in [0.15, 0.2) is 0 Å². The fourth-order valence-corrected chi connectivity index (χ4v) is 3.93. The molecule has 4 N–H and O–H groups in total. The van der Waals surface area contributed by atoms with E-state index < -0.39 is 10.0 Å². The van der Waals surface area contributed by atoms with E-state index in [0.29, 0.717) is 23.4 Å². The van der Waals surface area contributed by atoms with Crippen LogP contribution in [0.1, 0.15) is 76.7 Å². The third-order valence-corrected chi connectivity index (χ3v) is 5.58. The molecule has 0 aliphatic carbocycles. The molecule has 0 unspecified atom stereocenters. The van der Waals surface area contributed by atoms with Gasteiger partial charge < -0.3 is 10.5 Å². The van der Waals surface area contributed by atoms with E-state index in [1.54, 1.807) is 6.07 Å². The summed E-state index contributed by atoms with van der Waals surface area (Å²) in [5, 5.41) is 5.31. The van der Waals surface area contributed by atoms with Crippen LogP contribution in [0.15, 0.2) is 17.0 Å². The Morgan fingerprint density at radius 3 is 1.92 bits per heavy atom. The highest BCUT2D eigenvalue weighted by molar-refractivity contribution is 7.89. The Labute approximate surface area is 153 Å². The average Bonchev–Trinajstić information content (AvgIpc) is 2.56. The van der Waals surface area contributed by atoms with Crippen molar-refractivity contribution in [3.8, 4) is 5.75 Å². The lowest BCUT2D eigenvalue weighted by Crippen LogP contribution is -2.16. The van der Waals surface area contributed by atoms with E-state index >= 15 is 0 Å². The monoisotopic (exact) mass is 370 g/mol. The van der Waals surface area contributed by atoms with Crippen LogP contribution in [0.3, 0.4) is 0 Å². The third-order valence-electron chi connectivity index (χ3n) is 4.58. The molecule has 5 nitrogen and oxygen atoms in total. The zero-order valence-corrected chi connectivity index (χ0v) is 16.5. The van der Waals surface area contributed by atoms with Gasteiger partial charge in [0, 0.05) is 0 Å². The van der Waals surface area contributed by atoms with Crippen LogP contribution in [-0.4, -0.2) is 15.5 Å². The number of ether oxygens (including phenoxy) is 1. The van der Waals surface area contributed by atoms with Crippen LogP contribution in [0.2, 0.25) is 0 Å². The van der Waals surface area contributed by atoms with Crippen LogP contribution in [-0.2, 0) is 16.4 Å². The number of hydrogen-bond acceptors (Lipinski definition) is 4. The highest BCUT2D eigenvalue weighted by Crippen LogP contribution is 2.31. The molecule has 1 rings (SSSR count). The maximum absolute atomic E-state index is 11.8. The Morgan fingerprint density at radius 2 is 1.44 bits per heavy atom. The summed E-state index contributed by atoms with van der Waals surface area (Å²) in [6.07, 6.45) is 12.9. The van der Waals surface area contributed by atoms with Gasteiger partial charge in [0.25, 0.3) is 0 Å². The standard InChI is InChI=1S/C19H34N2O3S/c1-3-4-5-6-7-8-9-10-11-12-13-16-18(25(21,22)23)15-14-17(24-2)19(16)20/h14-15H,3-13,20H2,1-2H3,(H2,21,22,23). The van der Waals surface area contributed by atoms with Crippen LogP contribution >= 0.6 is 0 Å². The van der Waals surface area contributed by atoms with Gasteiger partial charge >= 0.3 is 0 Å². The summed E-state index contributed by atoms with van der Waals surface area (Å²) < 4.78 is 28.7. The van der Waals surface area contributed by atoms with Crippen molar-refractivity contribution < 1.29 is 13.2 Å². The first kappa shape index (κ1) is 21.8. The average molecular weight is 371 g/mol. The second-order valence-corrected chi connectivity index (χ2v) is 8.17. The Kier molecular flexibility index (Phi) is 9.90. The number of primary sulfonamides is 1. The predicted molar refractivity (Wildman–Crippen MR) is 104 cm³/mol. The van der Waals surface area contributed by atoms with Gasteiger partial charge in [-0.3, -0.25) is 0 Å². The molecule has 144 valence electrons. The molecule has 0 fully saturated rings. The summed E-state index contributed by atoms with van der Waals surface area (Å²) in [5.74, 6) is 0.495. The Hall–Kier alpha value is -1.27. The maximum Gasteiger partial charge on any atom is 0.238 e. The number of rotatable bonds is 13. The number of nitrogen functional groups attached to an aromatic ring is 1. The van der Waals surface area contributed by atoms with Crippen molar-refractivity contribution in [2.24, 2.45) is 5.14 Å². The lowest BCUT2D eigenvalue weighted by atomic mass is 10.0. The van der Waals surface area contributed by atoms with Gasteiger partial charge in [-0.15, -0.1) is 0 Å². The highest BCUT2D eigenvalue weighted by Gasteiger charge is 2.18. The number of nitrogens with two attached hydrogens (primary N) is 2. The third kappa shape index (κ3) is 7.65. The van der Waals surface area contributed by atoms with Gasteiger partial charge in [-0.25, -0.2) is 13.6 Å². The molecule has 0 bridgehead atoms. The first-order valence-electron chi connectivity index (χ1n) is 9.40. The fraction of sp³-hybridized carbons (Fsp3) is 0.684. The van der Waals surface area contributed by atoms with Gasteiger partial charge in [0.2, 0.25) is 10.0 Å². The molecule has 0 aliphatic heterocycles. The SMILES string of the molecule is CCCCCCCCCCCCc1c(S(N)(=O)=O)ccc(OC)c1N. The van der Waals surface area contributed by atoms with E-state index in [9.17, 15) is 8.42 Å². The maximum atomic E-state index is 11.8. The second-order valence-electron chi connectivity index (χ2n) is 6.64. The molecule has 1 aromatic carbocycles. The van der Waals surface area contributed by atoms with Gasteiger partial charge in [0.1, 0.15) is 5.75 Å². The number of anilines is 1. The summed E-state index contributed by atoms with van der Waals surface area (Å²) in [4.78, 5) is 0.113. The number of benzene rings is 1. The minimum absolute atomic E-state index is 0.113. The number of unbranched alkanes of at least 4 members (excludes halogenated alkanes) is 9. The Bertz CT molecular complexity index is 615. The minimum Gasteiger partial charge on any atom is -0.495 e. The molecular formula is C19H34N2O3S. The lowest BCUT2D eigenvalue weighted by molar-refractivity contribution is 0.416. The molecule has 0 radical (unpaired) electrons. The van der Waals surface area contributed by atoms with E-state index in [4.69, 9.17) is 15.6 Å². The first-order valence-corrected chi connectivity index (χ1v) is 10.9. The van der Waals surface area contributed by atoms with E-state index in [-0.39, 0.29) is 4.90 Å². The van der Waals surface area contributed by atoms with E-state index in [2.05, 4.69) is 6.92 Å². The van der Waals surface area contributed by atoms with Crippen molar-refractivity contribution in [1.82, 2.24) is 0 Å². The minimum atomic E-state index is -3.78. The zero-order valence-electron chi connectivity index (χ0n) is 15.7. The lowest BCUT2D eigenvalue weighted by Gasteiger charge is -2.14. The largest absolute Gasteiger partial charge is 0.495 e. The summed E-state index contributed by atoms with van der Waals surface area (Å²) in [6.45, 7) is 2.23. The fourth-order valence-electron chi connectivity index (χ4n) is 3.11. The molecule has 0 amide bonds. The molecule has 0 saturated carbocycles. The van der Waals surface area contributed by atoms with Crippen LogP contribution in [0.5, 0.6) is 5.75 Å². The number of hydrogen-bond donors (Lipinski definition) is 2. The van der Waals surface area contributed by atoms with Gasteiger partial charge in [-0.2, -0.15) is 0 Å². The molecule has 0 aromatic heterocycles. The normalized spacial score (nSPS) is 11.6. The molecule has 25 heavy (non-hydrogen) atoms. The molecule has 0 atom stereocenters. The summed E-state index contributed by atoms with van der Waals surface area (Å²) in [6, 6.07) is 3.04. The molecule has 0 aliphatic rings. The van der Waals surface area contributed by atoms with Crippen molar-refractivity contribution in [2.75, 3.05) is 12.8 Å². The van der Waals surface area contributed by atoms with E-state index in [1.807, 2.05) is 0 Å². The highest BCUT2D eigenvalue weighted by atomic mass is 32.2. The second kappa shape index (κ2) is 11.4. The molecule has 0 spiro atoms. The van der Waals surface area contributed by atoms with Gasteiger partial charge in [-0.1, -0.05) is 64.7 Å².